The van der Waals surface area contributed by atoms with Gasteiger partial charge in [-0.2, -0.15) is 5.26 Å². The standard InChI is InChI=1S/C54H66N2O5S/c1-5-9-31-58-47-25-28-50(52(36-47)60-33-11-7-3)41-13-19-44(20-14-41)56(46-23-17-43(18-24-46)54-30-27-49(62-54)35-40(38-55)39-57)45-21-15-42(16-22-45)51-29-26-48(59-32-10-6-2)37-53(51)61-34-12-8-4/h13-15,17-19,21-29,35,37,39,42,44,47,54H,5-12,16,20,30-34,36H2,1-4H3/b40-35+. The van der Waals surface area contributed by atoms with Gasteiger partial charge in [0, 0.05) is 57.7 Å². The highest BCUT2D eigenvalue weighted by Crippen LogP contribution is 2.45. The fraction of sp³-hybridized carbons (Fsp3) is 0.444. The Morgan fingerprint density at radius 1 is 0.790 bits per heavy atom. The van der Waals surface area contributed by atoms with Gasteiger partial charge in [-0.1, -0.05) is 120 Å². The number of hydrogen-bond donors (Lipinski definition) is 0. The van der Waals surface area contributed by atoms with Crippen molar-refractivity contribution in [1.29, 1.82) is 5.26 Å². The fourth-order valence-electron chi connectivity index (χ4n) is 8.01. The molecule has 1 aliphatic heterocycles. The Morgan fingerprint density at radius 3 is 2.21 bits per heavy atom. The van der Waals surface area contributed by atoms with E-state index in [0.29, 0.717) is 26.1 Å². The van der Waals surface area contributed by atoms with Crippen LogP contribution in [0, 0.1) is 11.3 Å². The van der Waals surface area contributed by atoms with E-state index in [2.05, 4.69) is 130 Å². The first-order valence-electron chi connectivity index (χ1n) is 23.1. The van der Waals surface area contributed by atoms with Crippen molar-refractivity contribution in [2.75, 3.05) is 31.3 Å². The van der Waals surface area contributed by atoms with Crippen LogP contribution in [0.1, 0.15) is 127 Å². The maximum atomic E-state index is 11.3. The summed E-state index contributed by atoms with van der Waals surface area (Å²) in [5, 5.41) is 9.50. The van der Waals surface area contributed by atoms with Crippen LogP contribution in [-0.2, 0) is 14.3 Å². The van der Waals surface area contributed by atoms with Gasteiger partial charge in [-0.05, 0) is 86.4 Å². The second-order valence-corrected chi connectivity index (χ2v) is 17.6. The van der Waals surface area contributed by atoms with Crippen LogP contribution in [0.2, 0.25) is 0 Å². The summed E-state index contributed by atoms with van der Waals surface area (Å²) in [5.74, 6) is 2.98. The minimum atomic E-state index is 0.0408. The minimum Gasteiger partial charge on any atom is -0.497 e. The molecule has 4 atom stereocenters. The predicted molar refractivity (Wildman–Crippen MR) is 255 cm³/mol. The highest BCUT2D eigenvalue weighted by Gasteiger charge is 2.27. The average molecular weight is 855 g/mol. The van der Waals surface area contributed by atoms with Gasteiger partial charge in [0.1, 0.15) is 23.3 Å². The summed E-state index contributed by atoms with van der Waals surface area (Å²) in [5.41, 5.74) is 7.21. The van der Waals surface area contributed by atoms with Crippen LogP contribution >= 0.6 is 11.8 Å². The van der Waals surface area contributed by atoms with Crippen molar-refractivity contribution in [1.82, 2.24) is 0 Å². The third-order valence-corrected chi connectivity index (χ3v) is 13.0. The van der Waals surface area contributed by atoms with Gasteiger partial charge in [-0.3, -0.25) is 4.79 Å². The lowest BCUT2D eigenvalue weighted by Gasteiger charge is -2.36. The number of rotatable bonds is 24. The van der Waals surface area contributed by atoms with Gasteiger partial charge < -0.3 is 23.8 Å². The topological polar surface area (TPSA) is 81.0 Å². The Hall–Kier alpha value is -4.97. The zero-order valence-corrected chi connectivity index (χ0v) is 38.2. The number of thioether (sulfide) groups is 1. The average Bonchev–Trinajstić information content (AvgIpc) is 3.78. The first-order chi connectivity index (χ1) is 30.5. The number of benzene rings is 2. The van der Waals surface area contributed by atoms with Crippen LogP contribution in [-0.4, -0.2) is 44.9 Å². The van der Waals surface area contributed by atoms with Crippen LogP contribution < -0.4 is 14.4 Å². The molecule has 0 radical (unpaired) electrons. The number of allylic oxidation sites excluding steroid dienone is 10. The van der Waals surface area contributed by atoms with Crippen molar-refractivity contribution >= 4 is 23.7 Å². The van der Waals surface area contributed by atoms with Crippen LogP contribution in [0.4, 0.5) is 5.69 Å². The highest BCUT2D eigenvalue weighted by molar-refractivity contribution is 8.03. The first-order valence-corrected chi connectivity index (χ1v) is 24.0. The molecule has 0 spiro atoms. The summed E-state index contributed by atoms with van der Waals surface area (Å²) in [4.78, 5) is 14.7. The quantitative estimate of drug-likeness (QED) is 0.0447. The number of aldehydes is 1. The second kappa shape index (κ2) is 24.6. The summed E-state index contributed by atoms with van der Waals surface area (Å²) < 4.78 is 25.2. The van der Waals surface area contributed by atoms with Crippen LogP contribution in [0.25, 0.3) is 0 Å². The summed E-state index contributed by atoms with van der Waals surface area (Å²) in [6, 6.07) is 17.4. The van der Waals surface area contributed by atoms with E-state index in [1.54, 1.807) is 17.8 Å². The van der Waals surface area contributed by atoms with Crippen molar-refractivity contribution < 1.29 is 23.7 Å². The van der Waals surface area contributed by atoms with E-state index in [1.165, 1.54) is 22.4 Å². The van der Waals surface area contributed by atoms with Crippen molar-refractivity contribution in [3.63, 3.8) is 0 Å². The first kappa shape index (κ1) is 46.5. The van der Waals surface area contributed by atoms with E-state index in [-0.39, 0.29) is 28.9 Å². The van der Waals surface area contributed by atoms with Crippen molar-refractivity contribution in [3.8, 4) is 17.6 Å². The van der Waals surface area contributed by atoms with E-state index < -0.39 is 0 Å². The van der Waals surface area contributed by atoms with Gasteiger partial charge in [0.05, 0.1) is 37.5 Å². The maximum Gasteiger partial charge on any atom is 0.160 e. The number of carbonyl (C=O) groups is 1. The molecule has 4 unspecified atom stereocenters. The molecule has 0 aromatic heterocycles. The van der Waals surface area contributed by atoms with Crippen LogP contribution in [0.15, 0.2) is 136 Å². The van der Waals surface area contributed by atoms with E-state index >= 15 is 0 Å². The van der Waals surface area contributed by atoms with E-state index in [9.17, 15) is 10.1 Å². The molecule has 328 valence electrons. The third kappa shape index (κ3) is 12.8. The Labute approximate surface area is 375 Å². The molecule has 6 rings (SSSR count). The Morgan fingerprint density at radius 2 is 1.53 bits per heavy atom. The van der Waals surface area contributed by atoms with E-state index in [0.717, 1.165) is 117 Å². The predicted octanol–water partition coefficient (Wildman–Crippen LogP) is 13.7. The highest BCUT2D eigenvalue weighted by atomic mass is 32.2. The van der Waals surface area contributed by atoms with Crippen molar-refractivity contribution in [3.05, 3.63) is 147 Å². The molecule has 3 aliphatic carbocycles. The number of nitriles is 1. The molecule has 0 bridgehead atoms. The van der Waals surface area contributed by atoms with Gasteiger partial charge in [-0.25, -0.2) is 0 Å². The lowest BCUT2D eigenvalue weighted by atomic mass is 9.89. The lowest BCUT2D eigenvalue weighted by Crippen LogP contribution is -2.34. The number of anilines is 1. The van der Waals surface area contributed by atoms with E-state index in [4.69, 9.17) is 18.9 Å². The number of ether oxygens (including phenoxy) is 4. The Bertz CT molecular complexity index is 2100. The summed E-state index contributed by atoms with van der Waals surface area (Å²) in [6.45, 7) is 11.6. The monoisotopic (exact) mass is 854 g/mol. The summed E-state index contributed by atoms with van der Waals surface area (Å²) >= 11 is 1.70. The van der Waals surface area contributed by atoms with Crippen molar-refractivity contribution in [2.45, 2.75) is 128 Å². The molecule has 2 aromatic rings. The van der Waals surface area contributed by atoms with Crippen LogP contribution in [0.3, 0.4) is 0 Å². The normalized spacial score (nSPS) is 21.0. The molecule has 2 aromatic carbocycles. The molecule has 8 heteroatoms. The summed E-state index contributed by atoms with van der Waals surface area (Å²) in [6.07, 6.45) is 34.7. The second-order valence-electron chi connectivity index (χ2n) is 16.4. The van der Waals surface area contributed by atoms with Gasteiger partial charge >= 0.3 is 0 Å². The van der Waals surface area contributed by atoms with Gasteiger partial charge in [0.25, 0.3) is 0 Å². The van der Waals surface area contributed by atoms with Gasteiger partial charge in [0.15, 0.2) is 6.29 Å². The minimum absolute atomic E-state index is 0.0408. The molecular formula is C54H66N2O5S. The largest absolute Gasteiger partial charge is 0.497 e. The smallest absolute Gasteiger partial charge is 0.160 e. The maximum absolute atomic E-state index is 11.3. The molecule has 7 nitrogen and oxygen atoms in total. The summed E-state index contributed by atoms with van der Waals surface area (Å²) in [7, 11) is 0. The number of unbranched alkanes of at least 4 members (excludes halogenated alkanes) is 4. The lowest BCUT2D eigenvalue weighted by molar-refractivity contribution is -0.104. The molecule has 0 saturated carbocycles. The number of hydrogen-bond acceptors (Lipinski definition) is 8. The molecule has 4 aliphatic rings. The number of nitrogens with zero attached hydrogens (tertiary/aromatic N) is 2. The SMILES string of the molecule is CCCCOC1=C(C2=CCC(N(C3=CCC(c4ccc(OCCCC)cc4OCCCC)C=C3)c3ccc(C4CC=C(/C=C(\C#N)C=O)S4)cc3)C=C2)C=CC(OCCCC)C1. The van der Waals surface area contributed by atoms with E-state index in [1.807, 2.05) is 6.07 Å². The van der Waals surface area contributed by atoms with Gasteiger partial charge in [0.2, 0.25) is 0 Å². The molecule has 0 N–H and O–H groups in total. The number of carbonyl (C=O) groups excluding carboxylic acids is 1. The molecule has 0 amide bonds. The van der Waals surface area contributed by atoms with Crippen LogP contribution in [0.5, 0.6) is 11.5 Å². The zero-order valence-electron chi connectivity index (χ0n) is 37.4. The molecule has 0 fully saturated rings. The fourth-order valence-corrected chi connectivity index (χ4v) is 9.21. The van der Waals surface area contributed by atoms with Gasteiger partial charge in [-0.15, -0.1) is 11.8 Å². The Balaban J connectivity index is 1.25. The molecule has 1 heterocycles. The molecule has 62 heavy (non-hydrogen) atoms. The van der Waals surface area contributed by atoms with Crippen molar-refractivity contribution in [2.24, 2.45) is 0 Å². The molecule has 0 saturated heterocycles. The zero-order chi connectivity index (χ0) is 43.5. The molecular weight excluding hydrogens is 789 g/mol. The Kier molecular flexibility index (Phi) is 18.5. The third-order valence-electron chi connectivity index (χ3n) is 11.7.